The molecule has 1 aliphatic heterocycles. The van der Waals surface area contributed by atoms with Gasteiger partial charge in [0.2, 0.25) is 5.88 Å². The van der Waals surface area contributed by atoms with E-state index >= 15 is 0 Å². The van der Waals surface area contributed by atoms with Crippen LogP contribution in [-0.4, -0.2) is 54.1 Å². The number of nitro benzene ring substituents is 1. The fourth-order valence-corrected chi connectivity index (χ4v) is 2.96. The number of carbonyl (C=O) groups excluding carboxylic acids is 1. The van der Waals surface area contributed by atoms with Crippen molar-refractivity contribution in [2.24, 2.45) is 0 Å². The normalized spacial score (nSPS) is 16.1. The Kier molecular flexibility index (Phi) is 5.39. The van der Waals surface area contributed by atoms with E-state index in [1.807, 2.05) is 6.07 Å². The van der Waals surface area contributed by atoms with Crippen LogP contribution < -0.4 is 14.2 Å². The van der Waals surface area contributed by atoms with Gasteiger partial charge in [-0.25, -0.2) is 4.98 Å². The van der Waals surface area contributed by atoms with Gasteiger partial charge in [-0.05, 0) is 6.07 Å². The summed E-state index contributed by atoms with van der Waals surface area (Å²) in [6.07, 6.45) is 2.02. The Bertz CT molecular complexity index is 842. The molecule has 9 nitrogen and oxygen atoms in total. The van der Waals surface area contributed by atoms with Crippen molar-refractivity contribution in [2.45, 2.75) is 12.5 Å². The van der Waals surface area contributed by atoms with Crippen molar-refractivity contribution in [1.82, 2.24) is 9.88 Å². The summed E-state index contributed by atoms with van der Waals surface area (Å²) in [6, 6.07) is 7.88. The smallest absolute Gasteiger partial charge is 0.286 e. The molecule has 27 heavy (non-hydrogen) atoms. The zero-order chi connectivity index (χ0) is 19.4. The van der Waals surface area contributed by atoms with Crippen LogP contribution in [0.4, 0.5) is 5.69 Å². The summed E-state index contributed by atoms with van der Waals surface area (Å²) >= 11 is 0. The molecular weight excluding hydrogens is 354 g/mol. The topological polar surface area (TPSA) is 104 Å². The molecule has 1 unspecified atom stereocenters. The Labute approximate surface area is 155 Å². The third-order valence-electron chi connectivity index (χ3n) is 4.29. The van der Waals surface area contributed by atoms with E-state index in [2.05, 4.69) is 4.98 Å². The number of hydrogen-bond donors (Lipinski definition) is 0. The first-order valence-electron chi connectivity index (χ1n) is 8.31. The summed E-state index contributed by atoms with van der Waals surface area (Å²) in [7, 11) is 2.79. The van der Waals surface area contributed by atoms with Crippen molar-refractivity contribution in [3.8, 4) is 17.4 Å². The third-order valence-corrected chi connectivity index (χ3v) is 4.29. The molecular formula is C18H19N3O6. The molecule has 0 radical (unpaired) electrons. The number of benzene rings is 1. The molecule has 1 aliphatic rings. The number of nitro groups is 1. The first-order valence-corrected chi connectivity index (χ1v) is 8.31. The SMILES string of the molecule is COc1cc(C(=O)N2CCC(Oc3ccccn3)C2)c([N+](=O)[O-])cc1OC. The van der Waals surface area contributed by atoms with E-state index in [0.717, 1.165) is 0 Å². The summed E-state index contributed by atoms with van der Waals surface area (Å²) in [5, 5.41) is 11.4. The molecule has 0 spiro atoms. The third kappa shape index (κ3) is 3.91. The molecule has 1 aromatic heterocycles. The van der Waals surface area contributed by atoms with E-state index in [1.54, 1.807) is 18.3 Å². The molecule has 1 fully saturated rings. The van der Waals surface area contributed by atoms with Crippen molar-refractivity contribution >= 4 is 11.6 Å². The predicted octanol–water partition coefficient (Wildman–Crippen LogP) is 2.30. The van der Waals surface area contributed by atoms with Gasteiger partial charge in [-0.1, -0.05) is 6.07 Å². The number of carbonyl (C=O) groups is 1. The van der Waals surface area contributed by atoms with Gasteiger partial charge in [0.25, 0.3) is 11.6 Å². The Morgan fingerprint density at radius 3 is 2.63 bits per heavy atom. The van der Waals surface area contributed by atoms with Crippen molar-refractivity contribution in [2.75, 3.05) is 27.3 Å². The molecule has 0 aliphatic carbocycles. The zero-order valence-electron chi connectivity index (χ0n) is 15.0. The highest BCUT2D eigenvalue weighted by Gasteiger charge is 2.33. The van der Waals surface area contributed by atoms with Gasteiger partial charge in [0.1, 0.15) is 11.7 Å². The molecule has 1 amide bonds. The highest BCUT2D eigenvalue weighted by Crippen LogP contribution is 2.35. The number of ether oxygens (including phenoxy) is 3. The summed E-state index contributed by atoms with van der Waals surface area (Å²) in [4.78, 5) is 29.3. The number of hydrogen-bond acceptors (Lipinski definition) is 7. The Hall–Kier alpha value is -3.36. The minimum absolute atomic E-state index is 0.0452. The second-order valence-electron chi connectivity index (χ2n) is 5.93. The van der Waals surface area contributed by atoms with Gasteiger partial charge in [-0.3, -0.25) is 14.9 Å². The Morgan fingerprint density at radius 2 is 2.00 bits per heavy atom. The molecule has 0 bridgehead atoms. The van der Waals surface area contributed by atoms with Crippen molar-refractivity contribution in [3.63, 3.8) is 0 Å². The van der Waals surface area contributed by atoms with Gasteiger partial charge >= 0.3 is 0 Å². The van der Waals surface area contributed by atoms with E-state index in [1.165, 1.54) is 31.3 Å². The molecule has 9 heteroatoms. The highest BCUT2D eigenvalue weighted by atomic mass is 16.6. The summed E-state index contributed by atoms with van der Waals surface area (Å²) < 4.78 is 16.0. The Morgan fingerprint density at radius 1 is 1.26 bits per heavy atom. The van der Waals surface area contributed by atoms with Gasteiger partial charge in [0.05, 0.1) is 31.8 Å². The summed E-state index contributed by atoms with van der Waals surface area (Å²) in [6.45, 7) is 0.753. The molecule has 1 aromatic carbocycles. The minimum atomic E-state index is -0.604. The van der Waals surface area contributed by atoms with Crippen LogP contribution in [0.2, 0.25) is 0 Å². The first-order chi connectivity index (χ1) is 13.0. The lowest BCUT2D eigenvalue weighted by molar-refractivity contribution is -0.385. The molecule has 3 rings (SSSR count). The first kappa shape index (κ1) is 18.4. The molecule has 0 saturated carbocycles. The number of likely N-dealkylation sites (tertiary alicyclic amines) is 1. The largest absolute Gasteiger partial charge is 0.493 e. The minimum Gasteiger partial charge on any atom is -0.493 e. The lowest BCUT2D eigenvalue weighted by Gasteiger charge is -2.18. The number of methoxy groups -OCH3 is 2. The van der Waals surface area contributed by atoms with Crippen molar-refractivity contribution in [1.29, 1.82) is 0 Å². The highest BCUT2D eigenvalue weighted by molar-refractivity contribution is 5.99. The van der Waals surface area contributed by atoms with Crippen LogP contribution in [0.25, 0.3) is 0 Å². The lowest BCUT2D eigenvalue weighted by Crippen LogP contribution is -2.31. The molecule has 0 N–H and O–H groups in total. The summed E-state index contributed by atoms with van der Waals surface area (Å²) in [5.74, 6) is 0.481. The van der Waals surface area contributed by atoms with E-state index in [9.17, 15) is 14.9 Å². The number of amides is 1. The number of pyridine rings is 1. The summed E-state index contributed by atoms with van der Waals surface area (Å²) in [5.41, 5.74) is -0.372. The van der Waals surface area contributed by atoms with Crippen LogP contribution in [0.5, 0.6) is 17.4 Å². The number of rotatable bonds is 6. The maximum Gasteiger partial charge on any atom is 0.286 e. The van der Waals surface area contributed by atoms with Gasteiger partial charge in [-0.15, -0.1) is 0 Å². The van der Waals surface area contributed by atoms with E-state index in [4.69, 9.17) is 14.2 Å². The molecule has 1 saturated heterocycles. The van der Waals surface area contributed by atoms with Crippen LogP contribution in [0.15, 0.2) is 36.5 Å². The predicted molar refractivity (Wildman–Crippen MR) is 95.4 cm³/mol. The fourth-order valence-electron chi connectivity index (χ4n) is 2.96. The average Bonchev–Trinajstić information content (AvgIpc) is 3.15. The second-order valence-corrected chi connectivity index (χ2v) is 5.93. The molecule has 2 heterocycles. The zero-order valence-corrected chi connectivity index (χ0v) is 15.0. The van der Waals surface area contributed by atoms with Crippen LogP contribution in [0.1, 0.15) is 16.8 Å². The van der Waals surface area contributed by atoms with E-state index < -0.39 is 10.8 Å². The Balaban J connectivity index is 1.80. The van der Waals surface area contributed by atoms with Crippen molar-refractivity contribution in [3.05, 3.63) is 52.2 Å². The van der Waals surface area contributed by atoms with Gasteiger partial charge in [-0.2, -0.15) is 0 Å². The van der Waals surface area contributed by atoms with Gasteiger partial charge in [0, 0.05) is 31.3 Å². The molecule has 1 atom stereocenters. The van der Waals surface area contributed by atoms with Crippen LogP contribution in [0.3, 0.4) is 0 Å². The van der Waals surface area contributed by atoms with E-state index in [-0.39, 0.29) is 28.9 Å². The van der Waals surface area contributed by atoms with Crippen LogP contribution in [0, 0.1) is 10.1 Å². The van der Waals surface area contributed by atoms with E-state index in [0.29, 0.717) is 25.4 Å². The fraction of sp³-hybridized carbons (Fsp3) is 0.333. The number of aromatic nitrogens is 1. The molecule has 142 valence electrons. The van der Waals surface area contributed by atoms with Gasteiger partial charge < -0.3 is 19.1 Å². The lowest BCUT2D eigenvalue weighted by atomic mass is 10.1. The average molecular weight is 373 g/mol. The van der Waals surface area contributed by atoms with Crippen molar-refractivity contribution < 1.29 is 23.9 Å². The monoisotopic (exact) mass is 373 g/mol. The van der Waals surface area contributed by atoms with Crippen LogP contribution >= 0.6 is 0 Å². The maximum atomic E-state index is 12.9. The number of nitrogens with zero attached hydrogens (tertiary/aromatic N) is 3. The van der Waals surface area contributed by atoms with Gasteiger partial charge in [0.15, 0.2) is 11.5 Å². The maximum absolute atomic E-state index is 12.9. The quantitative estimate of drug-likeness (QED) is 0.565. The molecule has 2 aromatic rings. The van der Waals surface area contributed by atoms with Crippen LogP contribution in [-0.2, 0) is 0 Å². The standard InChI is InChI=1S/C18H19N3O6/c1-25-15-9-13(14(21(23)24)10-16(15)26-2)18(22)20-8-6-12(11-20)27-17-5-3-4-7-19-17/h3-5,7,9-10,12H,6,8,11H2,1-2H3. The second kappa shape index (κ2) is 7.90.